The Labute approximate surface area is 183 Å². The fourth-order valence-corrected chi connectivity index (χ4v) is 4.54. The summed E-state index contributed by atoms with van der Waals surface area (Å²) in [4.78, 5) is 32.1. The van der Waals surface area contributed by atoms with Crippen LogP contribution in [0, 0.1) is 13.8 Å². The smallest absolute Gasteiger partial charge is 0.277 e. The van der Waals surface area contributed by atoms with Crippen molar-refractivity contribution in [1.82, 2.24) is 9.80 Å². The summed E-state index contributed by atoms with van der Waals surface area (Å²) in [6, 6.07) is 14.0. The van der Waals surface area contributed by atoms with E-state index in [1.807, 2.05) is 51.1 Å². The van der Waals surface area contributed by atoms with E-state index in [1.54, 1.807) is 7.11 Å². The van der Waals surface area contributed by atoms with Crippen LogP contribution in [-0.2, 0) is 9.59 Å². The van der Waals surface area contributed by atoms with Crippen LogP contribution in [0.3, 0.4) is 0 Å². The van der Waals surface area contributed by atoms with Gasteiger partial charge in [0, 0.05) is 32.7 Å². The van der Waals surface area contributed by atoms with Crippen molar-refractivity contribution in [3.8, 4) is 5.75 Å². The summed E-state index contributed by atoms with van der Waals surface area (Å²) in [5.41, 5.74) is 5.13. The lowest BCUT2D eigenvalue weighted by Crippen LogP contribution is -2.47. The third kappa shape index (κ3) is 3.67. The maximum absolute atomic E-state index is 13.2. The van der Waals surface area contributed by atoms with Crippen molar-refractivity contribution >= 4 is 23.1 Å². The second-order valence-electron chi connectivity index (χ2n) is 8.04. The first kappa shape index (κ1) is 21.0. The van der Waals surface area contributed by atoms with Crippen LogP contribution in [0.4, 0.5) is 5.69 Å². The average Bonchev–Trinajstić information content (AvgIpc) is 3.03. The van der Waals surface area contributed by atoms with Gasteiger partial charge in [-0.15, -0.1) is 0 Å². The summed E-state index contributed by atoms with van der Waals surface area (Å²) in [6.45, 7) is 9.07. The number of para-hydroxylation sites is 2. The molecule has 31 heavy (non-hydrogen) atoms. The third-order valence-corrected chi connectivity index (χ3v) is 6.13. The number of ether oxygens (including phenoxy) is 1. The van der Waals surface area contributed by atoms with E-state index in [4.69, 9.17) is 4.74 Å². The molecule has 2 aromatic carbocycles. The Bertz CT molecular complexity index is 1050. The van der Waals surface area contributed by atoms with Crippen molar-refractivity contribution in [3.63, 3.8) is 0 Å². The van der Waals surface area contributed by atoms with E-state index in [0.29, 0.717) is 30.9 Å². The van der Waals surface area contributed by atoms with Gasteiger partial charge in [0.25, 0.3) is 11.8 Å². The van der Waals surface area contributed by atoms with Gasteiger partial charge in [0.15, 0.2) is 0 Å². The molecule has 2 aromatic rings. The number of nitrogens with zero attached hydrogens (tertiary/aromatic N) is 3. The molecule has 2 aliphatic heterocycles. The molecular formula is C25H29N3O3. The van der Waals surface area contributed by atoms with Crippen LogP contribution >= 0.6 is 0 Å². The van der Waals surface area contributed by atoms with Gasteiger partial charge in [0.05, 0.1) is 18.4 Å². The molecule has 2 heterocycles. The van der Waals surface area contributed by atoms with Gasteiger partial charge in [0.2, 0.25) is 0 Å². The minimum Gasteiger partial charge on any atom is -0.495 e. The minimum absolute atomic E-state index is 0.187. The van der Waals surface area contributed by atoms with Gasteiger partial charge >= 0.3 is 0 Å². The van der Waals surface area contributed by atoms with E-state index in [0.717, 1.165) is 41.2 Å². The number of carbonyl (C=O) groups excluding carboxylic acids is 2. The zero-order valence-corrected chi connectivity index (χ0v) is 18.6. The van der Waals surface area contributed by atoms with Crippen LogP contribution in [0.2, 0.25) is 0 Å². The van der Waals surface area contributed by atoms with E-state index in [1.165, 1.54) is 4.90 Å². The maximum Gasteiger partial charge on any atom is 0.277 e. The predicted octanol–water partition coefficient (Wildman–Crippen LogP) is 3.23. The highest BCUT2D eigenvalue weighted by atomic mass is 16.5. The number of hydrogen-bond donors (Lipinski definition) is 0. The Hall–Kier alpha value is -3.28. The number of piperazine rings is 1. The molecule has 0 spiro atoms. The van der Waals surface area contributed by atoms with Gasteiger partial charge < -0.3 is 14.5 Å². The molecule has 0 radical (unpaired) electrons. The highest BCUT2D eigenvalue weighted by molar-refractivity contribution is 6.35. The van der Waals surface area contributed by atoms with Gasteiger partial charge in [-0.1, -0.05) is 35.9 Å². The molecule has 0 unspecified atom stereocenters. The monoisotopic (exact) mass is 419 g/mol. The van der Waals surface area contributed by atoms with Gasteiger partial charge in [-0.3, -0.25) is 14.5 Å². The summed E-state index contributed by atoms with van der Waals surface area (Å²) >= 11 is 0. The second kappa shape index (κ2) is 8.46. The Balaban J connectivity index is 1.67. The van der Waals surface area contributed by atoms with Crippen LogP contribution in [0.15, 0.2) is 48.2 Å². The van der Waals surface area contributed by atoms with Crippen molar-refractivity contribution in [2.45, 2.75) is 20.8 Å². The average molecular weight is 420 g/mol. The van der Waals surface area contributed by atoms with Crippen molar-refractivity contribution in [3.05, 3.63) is 64.9 Å². The Morgan fingerprint density at radius 2 is 1.58 bits per heavy atom. The number of amides is 2. The van der Waals surface area contributed by atoms with E-state index in [9.17, 15) is 9.59 Å². The Kier molecular flexibility index (Phi) is 5.72. The molecule has 6 heteroatoms. The molecule has 162 valence electrons. The largest absolute Gasteiger partial charge is 0.495 e. The number of imide groups is 1. The summed E-state index contributed by atoms with van der Waals surface area (Å²) in [5.74, 6) is 0.463. The fourth-order valence-electron chi connectivity index (χ4n) is 4.54. The molecule has 1 fully saturated rings. The molecule has 1 saturated heterocycles. The molecular weight excluding hydrogens is 390 g/mol. The number of rotatable bonds is 5. The van der Waals surface area contributed by atoms with Crippen molar-refractivity contribution in [2.75, 3.05) is 44.7 Å². The molecule has 2 amide bonds. The number of likely N-dealkylation sites (N-methyl/N-ethyl adjacent to an activating group) is 1. The van der Waals surface area contributed by atoms with Crippen LogP contribution in [0.5, 0.6) is 5.75 Å². The van der Waals surface area contributed by atoms with E-state index < -0.39 is 0 Å². The normalized spacial score (nSPS) is 17.1. The van der Waals surface area contributed by atoms with E-state index in [-0.39, 0.29) is 11.8 Å². The molecule has 2 aliphatic rings. The standard InChI is InChI=1S/C25H29N3O3/c1-5-28-24(29)22(19-11-10-17(2)16-18(19)3)23(25(28)30)27-14-12-26(13-15-27)20-8-6-7-9-21(20)31-4/h6-11,16H,5,12-15H2,1-4H3. The molecule has 0 aliphatic carbocycles. The van der Waals surface area contributed by atoms with Crippen LogP contribution < -0.4 is 9.64 Å². The number of methoxy groups -OCH3 is 1. The lowest BCUT2D eigenvalue weighted by atomic mass is 9.97. The molecule has 0 N–H and O–H groups in total. The number of aryl methyl sites for hydroxylation is 2. The summed E-state index contributed by atoms with van der Waals surface area (Å²) in [6.07, 6.45) is 0. The lowest BCUT2D eigenvalue weighted by molar-refractivity contribution is -0.137. The second-order valence-corrected chi connectivity index (χ2v) is 8.04. The Morgan fingerprint density at radius 3 is 2.23 bits per heavy atom. The first-order valence-corrected chi connectivity index (χ1v) is 10.8. The summed E-state index contributed by atoms with van der Waals surface area (Å²) in [7, 11) is 1.68. The first-order valence-electron chi connectivity index (χ1n) is 10.8. The summed E-state index contributed by atoms with van der Waals surface area (Å²) in [5, 5.41) is 0. The van der Waals surface area contributed by atoms with Gasteiger partial charge in [-0.05, 0) is 44.0 Å². The highest BCUT2D eigenvalue weighted by Gasteiger charge is 2.41. The van der Waals surface area contributed by atoms with Crippen molar-refractivity contribution in [1.29, 1.82) is 0 Å². The van der Waals surface area contributed by atoms with Gasteiger partial charge in [-0.2, -0.15) is 0 Å². The number of hydrogen-bond acceptors (Lipinski definition) is 5. The van der Waals surface area contributed by atoms with Crippen LogP contribution in [-0.4, -0.2) is 61.4 Å². The number of benzene rings is 2. The van der Waals surface area contributed by atoms with E-state index >= 15 is 0 Å². The zero-order valence-electron chi connectivity index (χ0n) is 18.6. The zero-order chi connectivity index (χ0) is 22.1. The predicted molar refractivity (Wildman–Crippen MR) is 122 cm³/mol. The van der Waals surface area contributed by atoms with Crippen molar-refractivity contribution < 1.29 is 14.3 Å². The fraction of sp³-hybridized carbons (Fsp3) is 0.360. The highest BCUT2D eigenvalue weighted by Crippen LogP contribution is 2.35. The lowest BCUT2D eigenvalue weighted by Gasteiger charge is -2.38. The quantitative estimate of drug-likeness (QED) is 0.697. The molecule has 0 atom stereocenters. The molecule has 0 aromatic heterocycles. The first-order chi connectivity index (χ1) is 15.0. The molecule has 0 saturated carbocycles. The van der Waals surface area contributed by atoms with Crippen molar-refractivity contribution in [2.24, 2.45) is 0 Å². The SMILES string of the molecule is CCN1C(=O)C(c2ccc(C)cc2C)=C(N2CCN(c3ccccc3OC)CC2)C1=O. The van der Waals surface area contributed by atoms with E-state index in [2.05, 4.69) is 21.9 Å². The maximum atomic E-state index is 13.2. The third-order valence-electron chi connectivity index (χ3n) is 6.13. The molecule has 6 nitrogen and oxygen atoms in total. The number of anilines is 1. The Morgan fingerprint density at radius 1 is 0.903 bits per heavy atom. The number of carbonyl (C=O) groups is 2. The molecule has 4 rings (SSSR count). The van der Waals surface area contributed by atoms with Crippen LogP contribution in [0.1, 0.15) is 23.6 Å². The van der Waals surface area contributed by atoms with Crippen LogP contribution in [0.25, 0.3) is 5.57 Å². The van der Waals surface area contributed by atoms with Gasteiger partial charge in [-0.25, -0.2) is 0 Å². The molecule has 0 bridgehead atoms. The topological polar surface area (TPSA) is 53.1 Å². The minimum atomic E-state index is -0.193. The van der Waals surface area contributed by atoms with Gasteiger partial charge in [0.1, 0.15) is 11.4 Å². The summed E-state index contributed by atoms with van der Waals surface area (Å²) < 4.78 is 5.51.